The maximum absolute atomic E-state index is 14.0. The average molecular weight is 390 g/mol. The van der Waals surface area contributed by atoms with Crippen LogP contribution >= 0.6 is 0 Å². The number of amides is 1. The molecule has 0 spiro atoms. The zero-order valence-electron chi connectivity index (χ0n) is 16.4. The lowest BCUT2D eigenvalue weighted by Crippen LogP contribution is -2.17. The van der Waals surface area contributed by atoms with Gasteiger partial charge < -0.3 is 4.90 Å². The van der Waals surface area contributed by atoms with Crippen molar-refractivity contribution < 1.29 is 9.18 Å². The first-order chi connectivity index (χ1) is 14.1. The van der Waals surface area contributed by atoms with Gasteiger partial charge in [0.1, 0.15) is 0 Å². The number of hydrogen-bond donors (Lipinski definition) is 0. The summed E-state index contributed by atoms with van der Waals surface area (Å²) in [4.78, 5) is 18.2. The third-order valence-corrected chi connectivity index (χ3v) is 6.09. The highest BCUT2D eigenvalue weighted by molar-refractivity contribution is 5.99. The minimum atomic E-state index is -0.536. The van der Waals surface area contributed by atoms with Crippen molar-refractivity contribution in [3.05, 3.63) is 59.8 Å². The number of carbonyl (C=O) groups excluding carboxylic acids is 1. The molecule has 3 heterocycles. The van der Waals surface area contributed by atoms with Crippen LogP contribution in [-0.2, 0) is 13.1 Å². The Morgan fingerprint density at radius 3 is 2.76 bits per heavy atom. The summed E-state index contributed by atoms with van der Waals surface area (Å²) < 4.78 is 16.0. The molecule has 2 aliphatic rings. The Morgan fingerprint density at radius 1 is 1.10 bits per heavy atom. The smallest absolute Gasteiger partial charge is 0.254 e. The fourth-order valence-electron chi connectivity index (χ4n) is 4.54. The fraction of sp³-hybridized carbons (Fsp3) is 0.348. The van der Waals surface area contributed by atoms with E-state index < -0.39 is 5.95 Å². The number of benzene rings is 1. The van der Waals surface area contributed by atoms with E-state index in [0.29, 0.717) is 23.7 Å². The third kappa shape index (κ3) is 3.33. The standard InChI is InChI=1S/C23H23FN4O/c1-27-13-17-7-6-16(10-20(17)23(27)29)22-19(8-9-21(24)26-22)18-11-25-28(14-18)12-15-4-2-3-5-15/h6-11,14-15H,2-5,12-13H2,1H3. The summed E-state index contributed by atoms with van der Waals surface area (Å²) in [5, 5.41) is 4.53. The molecule has 0 unspecified atom stereocenters. The summed E-state index contributed by atoms with van der Waals surface area (Å²) in [6, 6.07) is 8.80. The number of fused-ring (bicyclic) bond motifs is 1. The molecule has 5 rings (SSSR count). The van der Waals surface area contributed by atoms with Gasteiger partial charge in [-0.25, -0.2) is 4.98 Å². The molecule has 1 saturated carbocycles. The van der Waals surface area contributed by atoms with Crippen LogP contribution in [0.25, 0.3) is 22.4 Å². The van der Waals surface area contributed by atoms with Crippen LogP contribution in [0, 0.1) is 11.9 Å². The van der Waals surface area contributed by atoms with Gasteiger partial charge in [-0.2, -0.15) is 9.49 Å². The van der Waals surface area contributed by atoms with Crippen molar-refractivity contribution >= 4 is 5.91 Å². The van der Waals surface area contributed by atoms with E-state index in [-0.39, 0.29) is 5.91 Å². The molecule has 1 fully saturated rings. The lowest BCUT2D eigenvalue weighted by atomic mass is 9.98. The quantitative estimate of drug-likeness (QED) is 0.615. The Balaban J connectivity index is 1.52. The predicted molar refractivity (Wildman–Crippen MR) is 109 cm³/mol. The van der Waals surface area contributed by atoms with E-state index in [0.717, 1.165) is 28.8 Å². The van der Waals surface area contributed by atoms with Crippen molar-refractivity contribution in [2.24, 2.45) is 5.92 Å². The molecule has 0 bridgehead atoms. The van der Waals surface area contributed by atoms with Gasteiger partial charge in [0.15, 0.2) is 0 Å². The summed E-state index contributed by atoms with van der Waals surface area (Å²) in [5.41, 5.74) is 4.67. The van der Waals surface area contributed by atoms with Crippen LogP contribution in [0.1, 0.15) is 41.6 Å². The molecule has 0 saturated heterocycles. The molecule has 148 valence electrons. The summed E-state index contributed by atoms with van der Waals surface area (Å²) in [6.45, 7) is 1.52. The van der Waals surface area contributed by atoms with E-state index in [2.05, 4.69) is 10.1 Å². The first-order valence-electron chi connectivity index (χ1n) is 10.2. The van der Waals surface area contributed by atoms with Crippen LogP contribution in [0.3, 0.4) is 0 Å². The normalized spacial score (nSPS) is 16.6. The van der Waals surface area contributed by atoms with Crippen molar-refractivity contribution in [3.8, 4) is 22.4 Å². The number of halogens is 1. The highest BCUT2D eigenvalue weighted by Crippen LogP contribution is 2.34. The van der Waals surface area contributed by atoms with Gasteiger partial charge in [-0.15, -0.1) is 0 Å². The van der Waals surface area contributed by atoms with Gasteiger partial charge in [0.05, 0.1) is 11.9 Å². The second-order valence-corrected chi connectivity index (χ2v) is 8.16. The van der Waals surface area contributed by atoms with Crippen LogP contribution < -0.4 is 0 Å². The maximum Gasteiger partial charge on any atom is 0.254 e. The summed E-state index contributed by atoms with van der Waals surface area (Å²) in [7, 11) is 1.78. The van der Waals surface area contributed by atoms with E-state index in [1.807, 2.05) is 35.3 Å². The zero-order valence-corrected chi connectivity index (χ0v) is 16.4. The molecule has 1 amide bonds. The number of rotatable bonds is 4. The Bertz CT molecular complexity index is 1080. The summed E-state index contributed by atoms with van der Waals surface area (Å²) in [5.74, 6) is 0.142. The molecule has 1 aliphatic carbocycles. The van der Waals surface area contributed by atoms with E-state index in [1.165, 1.54) is 31.7 Å². The molecule has 3 aromatic rings. The van der Waals surface area contributed by atoms with Crippen molar-refractivity contribution in [2.45, 2.75) is 38.8 Å². The van der Waals surface area contributed by atoms with Crippen LogP contribution in [0.15, 0.2) is 42.7 Å². The Hall–Kier alpha value is -3.02. The maximum atomic E-state index is 14.0. The van der Waals surface area contributed by atoms with Crippen LogP contribution in [-0.4, -0.2) is 32.6 Å². The van der Waals surface area contributed by atoms with Crippen molar-refractivity contribution in [2.75, 3.05) is 7.05 Å². The highest BCUT2D eigenvalue weighted by Gasteiger charge is 2.25. The van der Waals surface area contributed by atoms with E-state index in [4.69, 9.17) is 0 Å². The predicted octanol–water partition coefficient (Wildman–Crippen LogP) is 4.53. The average Bonchev–Trinajstić information content (AvgIpc) is 3.45. The molecule has 29 heavy (non-hydrogen) atoms. The highest BCUT2D eigenvalue weighted by atomic mass is 19.1. The molecule has 0 N–H and O–H groups in total. The first-order valence-corrected chi connectivity index (χ1v) is 10.2. The molecule has 1 aromatic carbocycles. The monoisotopic (exact) mass is 390 g/mol. The Kier molecular flexibility index (Phi) is 4.42. The first kappa shape index (κ1) is 18.0. The summed E-state index contributed by atoms with van der Waals surface area (Å²) in [6.07, 6.45) is 8.96. The lowest BCUT2D eigenvalue weighted by molar-refractivity contribution is 0.0816. The molecule has 2 aromatic heterocycles. The number of carbonyl (C=O) groups is 1. The van der Waals surface area contributed by atoms with Crippen molar-refractivity contribution in [3.63, 3.8) is 0 Å². The number of aromatic nitrogens is 3. The largest absolute Gasteiger partial charge is 0.337 e. The van der Waals surface area contributed by atoms with Gasteiger partial charge in [-0.1, -0.05) is 25.0 Å². The van der Waals surface area contributed by atoms with Gasteiger partial charge in [-0.05, 0) is 42.5 Å². The lowest BCUT2D eigenvalue weighted by Gasteiger charge is -2.10. The van der Waals surface area contributed by atoms with Gasteiger partial charge in [0, 0.05) is 48.6 Å². The van der Waals surface area contributed by atoms with Crippen molar-refractivity contribution in [1.82, 2.24) is 19.7 Å². The number of pyridine rings is 1. The van der Waals surface area contributed by atoms with Gasteiger partial charge in [0.25, 0.3) is 5.91 Å². The van der Waals surface area contributed by atoms with Gasteiger partial charge in [-0.3, -0.25) is 9.48 Å². The topological polar surface area (TPSA) is 51.0 Å². The zero-order chi connectivity index (χ0) is 20.0. The third-order valence-electron chi connectivity index (χ3n) is 6.09. The minimum absolute atomic E-state index is 0.0100. The Morgan fingerprint density at radius 2 is 1.93 bits per heavy atom. The number of nitrogens with zero attached hydrogens (tertiary/aromatic N) is 4. The SMILES string of the molecule is CN1Cc2ccc(-c3nc(F)ccc3-c3cnn(CC4CCCC4)c3)cc2C1=O. The van der Waals surface area contributed by atoms with Crippen LogP contribution in [0.4, 0.5) is 4.39 Å². The Labute approximate surface area is 169 Å². The molecule has 5 nitrogen and oxygen atoms in total. The van der Waals surface area contributed by atoms with E-state index in [1.54, 1.807) is 18.0 Å². The number of hydrogen-bond acceptors (Lipinski definition) is 3. The van der Waals surface area contributed by atoms with Crippen molar-refractivity contribution in [1.29, 1.82) is 0 Å². The molecule has 0 atom stereocenters. The molecular weight excluding hydrogens is 367 g/mol. The second kappa shape index (κ2) is 7.10. The van der Waals surface area contributed by atoms with Gasteiger partial charge in [0.2, 0.25) is 5.95 Å². The van der Waals surface area contributed by atoms with Crippen LogP contribution in [0.2, 0.25) is 0 Å². The molecule has 6 heteroatoms. The van der Waals surface area contributed by atoms with E-state index >= 15 is 0 Å². The molecule has 0 radical (unpaired) electrons. The molecular formula is C23H23FN4O. The summed E-state index contributed by atoms with van der Waals surface area (Å²) >= 11 is 0. The van der Waals surface area contributed by atoms with Crippen LogP contribution in [0.5, 0.6) is 0 Å². The molecule has 1 aliphatic heterocycles. The van der Waals surface area contributed by atoms with E-state index in [9.17, 15) is 9.18 Å². The second-order valence-electron chi connectivity index (χ2n) is 8.16. The minimum Gasteiger partial charge on any atom is -0.337 e. The van der Waals surface area contributed by atoms with Gasteiger partial charge >= 0.3 is 0 Å². The fourth-order valence-corrected chi connectivity index (χ4v) is 4.54.